The van der Waals surface area contributed by atoms with E-state index in [0.717, 1.165) is 12.0 Å². The summed E-state index contributed by atoms with van der Waals surface area (Å²) in [4.78, 5) is 23.2. The number of nitrogens with two attached hydrogens (primary N) is 2. The molecule has 0 saturated heterocycles. The molecule has 0 fully saturated rings. The van der Waals surface area contributed by atoms with Crippen molar-refractivity contribution in [2.24, 2.45) is 11.5 Å². The molecule has 104 valence electrons. The Morgan fingerprint density at radius 3 is 2.42 bits per heavy atom. The maximum absolute atomic E-state index is 11.8. The highest BCUT2D eigenvalue weighted by molar-refractivity contribution is 5.89. The first-order valence-electron chi connectivity index (χ1n) is 6.43. The maximum atomic E-state index is 11.8. The topological polar surface area (TPSA) is 98.2 Å². The summed E-state index contributed by atoms with van der Waals surface area (Å²) in [5, 5.41) is 2.61. The highest BCUT2D eigenvalue weighted by atomic mass is 16.2. The van der Waals surface area contributed by atoms with Gasteiger partial charge < -0.3 is 16.8 Å². The summed E-state index contributed by atoms with van der Waals surface area (Å²) in [5.74, 6) is -0.887. The van der Waals surface area contributed by atoms with Gasteiger partial charge in [-0.15, -0.1) is 0 Å². The van der Waals surface area contributed by atoms with Gasteiger partial charge in [-0.05, 0) is 12.0 Å². The molecule has 2 atom stereocenters. The smallest absolute Gasteiger partial charge is 0.240 e. The maximum Gasteiger partial charge on any atom is 0.240 e. The molecule has 0 aliphatic heterocycles. The fraction of sp³-hybridized carbons (Fsp3) is 0.429. The van der Waals surface area contributed by atoms with Crippen molar-refractivity contribution < 1.29 is 9.59 Å². The molecule has 0 radical (unpaired) electrons. The zero-order chi connectivity index (χ0) is 14.3. The first-order chi connectivity index (χ1) is 9.04. The van der Waals surface area contributed by atoms with Crippen LogP contribution < -0.4 is 16.8 Å². The third kappa shape index (κ3) is 5.09. The van der Waals surface area contributed by atoms with Gasteiger partial charge in [-0.1, -0.05) is 43.7 Å². The van der Waals surface area contributed by atoms with Crippen LogP contribution in [0.4, 0.5) is 0 Å². The lowest BCUT2D eigenvalue weighted by Gasteiger charge is -2.18. The molecule has 0 spiro atoms. The third-order valence-electron chi connectivity index (χ3n) is 2.88. The zero-order valence-electron chi connectivity index (χ0n) is 11.1. The van der Waals surface area contributed by atoms with Crippen LogP contribution in [0.25, 0.3) is 0 Å². The second-order valence-corrected chi connectivity index (χ2v) is 4.55. The Hall–Kier alpha value is -1.88. The molecule has 0 saturated carbocycles. The van der Waals surface area contributed by atoms with Crippen LogP contribution in [0.15, 0.2) is 30.3 Å². The third-order valence-corrected chi connectivity index (χ3v) is 2.88. The van der Waals surface area contributed by atoms with Crippen molar-refractivity contribution in [1.29, 1.82) is 0 Å². The monoisotopic (exact) mass is 263 g/mol. The van der Waals surface area contributed by atoms with Gasteiger partial charge in [-0.2, -0.15) is 0 Å². The average molecular weight is 263 g/mol. The summed E-state index contributed by atoms with van der Waals surface area (Å²) < 4.78 is 0. The number of rotatable bonds is 7. The molecule has 5 heteroatoms. The van der Waals surface area contributed by atoms with E-state index in [4.69, 9.17) is 11.5 Å². The van der Waals surface area contributed by atoms with Crippen LogP contribution in [-0.4, -0.2) is 23.9 Å². The van der Waals surface area contributed by atoms with E-state index in [1.165, 1.54) is 0 Å². The Labute approximate surface area is 113 Å². The largest absolute Gasteiger partial charge is 0.368 e. The Bertz CT molecular complexity index is 420. The average Bonchev–Trinajstić information content (AvgIpc) is 2.39. The van der Waals surface area contributed by atoms with Crippen LogP contribution >= 0.6 is 0 Å². The number of amides is 2. The van der Waals surface area contributed by atoms with Crippen LogP contribution in [0.1, 0.15) is 25.3 Å². The molecule has 1 aromatic rings. The van der Waals surface area contributed by atoms with Crippen molar-refractivity contribution in [2.45, 2.75) is 38.3 Å². The molecule has 0 aliphatic rings. The molecule has 0 unspecified atom stereocenters. The number of nitrogens with one attached hydrogen (secondary N) is 1. The van der Waals surface area contributed by atoms with E-state index in [0.29, 0.717) is 12.8 Å². The number of benzene rings is 1. The molecular weight excluding hydrogens is 242 g/mol. The SMILES string of the molecule is CCC[C@H](N)C(=O)N[C@@H](Cc1ccccc1)C(N)=O. The summed E-state index contributed by atoms with van der Waals surface area (Å²) in [6.07, 6.45) is 1.78. The lowest BCUT2D eigenvalue weighted by molar-refractivity contribution is -0.128. The number of hydrogen-bond acceptors (Lipinski definition) is 3. The number of carbonyl (C=O) groups excluding carboxylic acids is 2. The summed E-state index contributed by atoms with van der Waals surface area (Å²) in [7, 11) is 0. The number of carbonyl (C=O) groups is 2. The van der Waals surface area contributed by atoms with E-state index in [1.54, 1.807) is 0 Å². The van der Waals surface area contributed by atoms with Gasteiger partial charge in [0.2, 0.25) is 11.8 Å². The Balaban J connectivity index is 2.64. The molecule has 0 aromatic heterocycles. The Morgan fingerprint density at radius 1 is 1.26 bits per heavy atom. The van der Waals surface area contributed by atoms with E-state index < -0.39 is 18.0 Å². The van der Waals surface area contributed by atoms with Crippen LogP contribution in [0.2, 0.25) is 0 Å². The molecule has 0 bridgehead atoms. The van der Waals surface area contributed by atoms with Gasteiger partial charge in [-0.3, -0.25) is 9.59 Å². The van der Waals surface area contributed by atoms with E-state index in [2.05, 4.69) is 5.32 Å². The van der Waals surface area contributed by atoms with Crippen LogP contribution in [-0.2, 0) is 16.0 Å². The van der Waals surface area contributed by atoms with Crippen LogP contribution in [0, 0.1) is 0 Å². The molecule has 0 aliphatic carbocycles. The molecule has 1 aromatic carbocycles. The normalized spacial score (nSPS) is 13.6. The summed E-state index contributed by atoms with van der Waals surface area (Å²) in [6, 6.07) is 8.08. The van der Waals surface area contributed by atoms with Gasteiger partial charge in [0.1, 0.15) is 6.04 Å². The standard InChI is InChI=1S/C14H21N3O2/c1-2-6-11(15)14(19)17-12(13(16)18)9-10-7-4-3-5-8-10/h3-5,7-8,11-12H,2,6,9,15H2,1H3,(H2,16,18)(H,17,19)/t11-,12-/m0/s1. The lowest BCUT2D eigenvalue weighted by Crippen LogP contribution is -2.51. The summed E-state index contributed by atoms with van der Waals surface area (Å²) >= 11 is 0. The molecule has 1 rings (SSSR count). The van der Waals surface area contributed by atoms with Crippen molar-refractivity contribution in [2.75, 3.05) is 0 Å². The van der Waals surface area contributed by atoms with Gasteiger partial charge in [0, 0.05) is 6.42 Å². The number of hydrogen-bond donors (Lipinski definition) is 3. The lowest BCUT2D eigenvalue weighted by atomic mass is 10.0. The van der Waals surface area contributed by atoms with Gasteiger partial charge in [0.25, 0.3) is 0 Å². The predicted octanol–water partition coefficient (Wildman–Crippen LogP) is 0.327. The second kappa shape index (κ2) is 7.53. The summed E-state index contributed by atoms with van der Waals surface area (Å²) in [5.41, 5.74) is 12.0. The minimum Gasteiger partial charge on any atom is -0.368 e. The van der Waals surface area contributed by atoms with E-state index in [-0.39, 0.29) is 5.91 Å². The molecular formula is C14H21N3O2. The van der Waals surface area contributed by atoms with Crippen LogP contribution in [0.5, 0.6) is 0 Å². The van der Waals surface area contributed by atoms with E-state index >= 15 is 0 Å². The first-order valence-corrected chi connectivity index (χ1v) is 6.43. The van der Waals surface area contributed by atoms with Crippen LogP contribution in [0.3, 0.4) is 0 Å². The number of primary amides is 1. The van der Waals surface area contributed by atoms with Gasteiger partial charge >= 0.3 is 0 Å². The Kier molecular flexibility index (Phi) is 6.02. The van der Waals surface area contributed by atoms with Gasteiger partial charge in [-0.25, -0.2) is 0 Å². The highest BCUT2D eigenvalue weighted by Crippen LogP contribution is 2.04. The zero-order valence-corrected chi connectivity index (χ0v) is 11.1. The van der Waals surface area contributed by atoms with E-state index in [1.807, 2.05) is 37.3 Å². The van der Waals surface area contributed by atoms with Gasteiger partial charge in [0.05, 0.1) is 6.04 Å². The minimum absolute atomic E-state index is 0.332. The van der Waals surface area contributed by atoms with Crippen molar-refractivity contribution in [3.05, 3.63) is 35.9 Å². The fourth-order valence-corrected chi connectivity index (χ4v) is 1.79. The van der Waals surface area contributed by atoms with Crippen molar-refractivity contribution in [1.82, 2.24) is 5.32 Å². The second-order valence-electron chi connectivity index (χ2n) is 4.55. The molecule has 5 nitrogen and oxygen atoms in total. The Morgan fingerprint density at radius 2 is 1.89 bits per heavy atom. The quantitative estimate of drug-likeness (QED) is 0.661. The van der Waals surface area contributed by atoms with Crippen molar-refractivity contribution >= 4 is 11.8 Å². The molecule has 0 heterocycles. The fourth-order valence-electron chi connectivity index (χ4n) is 1.79. The molecule has 5 N–H and O–H groups in total. The molecule has 19 heavy (non-hydrogen) atoms. The highest BCUT2D eigenvalue weighted by Gasteiger charge is 2.21. The predicted molar refractivity (Wildman–Crippen MR) is 74.2 cm³/mol. The first kappa shape index (κ1) is 15.2. The van der Waals surface area contributed by atoms with Crippen molar-refractivity contribution in [3.63, 3.8) is 0 Å². The van der Waals surface area contributed by atoms with Gasteiger partial charge in [0.15, 0.2) is 0 Å². The summed E-state index contributed by atoms with van der Waals surface area (Å²) in [6.45, 7) is 1.95. The van der Waals surface area contributed by atoms with Crippen molar-refractivity contribution in [3.8, 4) is 0 Å². The molecule has 2 amide bonds. The minimum atomic E-state index is -0.724. The van der Waals surface area contributed by atoms with E-state index in [9.17, 15) is 9.59 Å².